The predicted octanol–water partition coefficient (Wildman–Crippen LogP) is 4.17. The number of nitrogens with zero attached hydrogens (tertiary/aromatic N) is 2. The van der Waals surface area contributed by atoms with E-state index in [9.17, 15) is 22.8 Å². The number of hydrogen-bond acceptors (Lipinski definition) is 4. The van der Waals surface area contributed by atoms with Crippen molar-refractivity contribution in [2.24, 2.45) is 0 Å². The first kappa shape index (κ1) is 24.2. The van der Waals surface area contributed by atoms with Gasteiger partial charge in [0.15, 0.2) is 12.4 Å². The first-order valence-corrected chi connectivity index (χ1v) is 10.4. The van der Waals surface area contributed by atoms with Gasteiger partial charge < -0.3 is 15.0 Å². The van der Waals surface area contributed by atoms with Gasteiger partial charge in [-0.3, -0.25) is 14.5 Å². The lowest BCUT2D eigenvalue weighted by Crippen LogP contribution is -2.51. The third-order valence-corrected chi connectivity index (χ3v) is 5.45. The summed E-state index contributed by atoms with van der Waals surface area (Å²) in [4.78, 5) is 28.0. The Morgan fingerprint density at radius 3 is 2.22 bits per heavy atom. The van der Waals surface area contributed by atoms with Crippen molar-refractivity contribution in [1.82, 2.24) is 9.80 Å². The molecule has 0 spiro atoms. The van der Waals surface area contributed by atoms with Crippen molar-refractivity contribution >= 4 is 40.7 Å². The molecule has 0 aromatic heterocycles. The monoisotopic (exact) mass is 489 g/mol. The van der Waals surface area contributed by atoms with E-state index < -0.39 is 17.6 Å². The number of piperazine rings is 1. The summed E-state index contributed by atoms with van der Waals surface area (Å²) in [5.41, 5.74) is -1.18. The molecule has 6 nitrogen and oxygen atoms in total. The van der Waals surface area contributed by atoms with Crippen molar-refractivity contribution in [1.29, 1.82) is 0 Å². The van der Waals surface area contributed by atoms with Gasteiger partial charge in [0.2, 0.25) is 5.91 Å². The zero-order valence-corrected chi connectivity index (χ0v) is 18.3. The first-order chi connectivity index (χ1) is 15.1. The number of anilines is 1. The molecule has 32 heavy (non-hydrogen) atoms. The Morgan fingerprint density at radius 1 is 0.969 bits per heavy atom. The maximum atomic E-state index is 13.1. The van der Waals surface area contributed by atoms with Crippen LogP contribution in [0.25, 0.3) is 0 Å². The van der Waals surface area contributed by atoms with Crippen molar-refractivity contribution in [2.75, 3.05) is 44.6 Å². The number of alkyl halides is 3. The molecule has 1 heterocycles. The highest BCUT2D eigenvalue weighted by Gasteiger charge is 2.33. The minimum absolute atomic E-state index is 0.0834. The number of rotatable bonds is 6. The maximum absolute atomic E-state index is 13.1. The predicted molar refractivity (Wildman–Crippen MR) is 115 cm³/mol. The number of halogens is 5. The van der Waals surface area contributed by atoms with Crippen LogP contribution in [0.5, 0.6) is 5.75 Å². The van der Waals surface area contributed by atoms with Gasteiger partial charge in [-0.05, 0) is 24.3 Å². The van der Waals surface area contributed by atoms with E-state index in [4.69, 9.17) is 27.9 Å². The van der Waals surface area contributed by atoms with E-state index in [-0.39, 0.29) is 30.5 Å². The zero-order valence-electron chi connectivity index (χ0n) is 16.8. The summed E-state index contributed by atoms with van der Waals surface area (Å²) in [5.74, 6) is -0.582. The largest absolute Gasteiger partial charge is 0.481 e. The molecule has 0 radical (unpaired) electrons. The van der Waals surface area contributed by atoms with Crippen molar-refractivity contribution in [2.45, 2.75) is 6.18 Å². The van der Waals surface area contributed by atoms with Gasteiger partial charge in [-0.1, -0.05) is 41.4 Å². The van der Waals surface area contributed by atoms with Gasteiger partial charge in [-0.2, -0.15) is 13.2 Å². The lowest BCUT2D eigenvalue weighted by atomic mass is 10.1. The molecule has 2 aromatic carbocycles. The van der Waals surface area contributed by atoms with Crippen molar-refractivity contribution in [3.05, 3.63) is 58.1 Å². The van der Waals surface area contributed by atoms with Crippen LogP contribution in [0.1, 0.15) is 5.56 Å². The van der Waals surface area contributed by atoms with Crippen LogP contribution in [-0.4, -0.2) is 60.9 Å². The molecule has 3 rings (SSSR count). The smallest absolute Gasteiger partial charge is 0.418 e. The molecule has 0 bridgehead atoms. The van der Waals surface area contributed by atoms with E-state index in [2.05, 4.69) is 5.32 Å². The minimum Gasteiger partial charge on any atom is -0.481 e. The van der Waals surface area contributed by atoms with Gasteiger partial charge in [0.05, 0.1) is 27.8 Å². The highest BCUT2D eigenvalue weighted by Crippen LogP contribution is 2.34. The van der Waals surface area contributed by atoms with Crippen LogP contribution >= 0.6 is 23.2 Å². The van der Waals surface area contributed by atoms with Crippen LogP contribution in [0.4, 0.5) is 18.9 Å². The molecule has 0 unspecified atom stereocenters. The maximum Gasteiger partial charge on any atom is 0.418 e. The fraction of sp³-hybridized carbons (Fsp3) is 0.333. The second-order valence-corrected chi connectivity index (χ2v) is 7.90. The highest BCUT2D eigenvalue weighted by atomic mass is 35.5. The summed E-state index contributed by atoms with van der Waals surface area (Å²) in [7, 11) is 0. The summed E-state index contributed by atoms with van der Waals surface area (Å²) < 4.78 is 44.7. The van der Waals surface area contributed by atoms with Gasteiger partial charge in [0.1, 0.15) is 0 Å². The Hall–Kier alpha value is -2.49. The Bertz CT molecular complexity index is 960. The molecular weight excluding hydrogens is 470 g/mol. The lowest BCUT2D eigenvalue weighted by Gasteiger charge is -2.34. The fourth-order valence-corrected chi connectivity index (χ4v) is 3.74. The quantitative estimate of drug-likeness (QED) is 0.661. The molecule has 1 aliphatic heterocycles. The average Bonchev–Trinajstić information content (AvgIpc) is 2.73. The topological polar surface area (TPSA) is 61.9 Å². The summed E-state index contributed by atoms with van der Waals surface area (Å²) in [5, 5.41) is 2.92. The summed E-state index contributed by atoms with van der Waals surface area (Å²) in [6.07, 6.45) is -4.56. The molecule has 1 N–H and O–H groups in total. The molecule has 2 aromatic rings. The normalized spacial score (nSPS) is 14.8. The number of nitrogens with one attached hydrogen (secondary N) is 1. The highest BCUT2D eigenvalue weighted by molar-refractivity contribution is 6.37. The van der Waals surface area contributed by atoms with Crippen molar-refractivity contribution < 1.29 is 27.5 Å². The molecule has 1 saturated heterocycles. The minimum atomic E-state index is -4.56. The first-order valence-electron chi connectivity index (χ1n) is 9.68. The Balaban J connectivity index is 1.47. The van der Waals surface area contributed by atoms with Crippen LogP contribution in [-0.2, 0) is 15.8 Å². The summed E-state index contributed by atoms with van der Waals surface area (Å²) >= 11 is 12.0. The number of amides is 2. The van der Waals surface area contributed by atoms with E-state index in [0.717, 1.165) is 6.07 Å². The Morgan fingerprint density at radius 2 is 1.59 bits per heavy atom. The second kappa shape index (κ2) is 10.4. The number of carbonyl (C=O) groups is 2. The molecule has 11 heteroatoms. The standard InChI is InChI=1S/C21H20Cl2F3N3O3/c22-15-5-3-6-16(23)20(15)32-13-19(31)29-10-8-28(9-11-29)12-18(30)27-17-7-2-1-4-14(17)21(24,25)26/h1-7H,8-13H2,(H,27,30). The van der Waals surface area contributed by atoms with E-state index in [1.165, 1.54) is 18.2 Å². The molecule has 1 fully saturated rings. The molecule has 0 saturated carbocycles. The van der Waals surface area contributed by atoms with Crippen LogP contribution in [0.2, 0.25) is 10.0 Å². The van der Waals surface area contributed by atoms with Crippen LogP contribution < -0.4 is 10.1 Å². The van der Waals surface area contributed by atoms with Crippen LogP contribution in [0.3, 0.4) is 0 Å². The number of para-hydroxylation sites is 2. The Labute approximate surface area is 192 Å². The number of hydrogen-bond donors (Lipinski definition) is 1. The van der Waals surface area contributed by atoms with Gasteiger partial charge in [0, 0.05) is 26.2 Å². The van der Waals surface area contributed by atoms with Gasteiger partial charge in [0.25, 0.3) is 5.91 Å². The van der Waals surface area contributed by atoms with Gasteiger partial charge in [-0.15, -0.1) is 0 Å². The molecule has 0 aliphatic carbocycles. The van der Waals surface area contributed by atoms with Gasteiger partial charge in [-0.25, -0.2) is 0 Å². The Kier molecular flexibility index (Phi) is 7.86. The van der Waals surface area contributed by atoms with E-state index in [1.807, 2.05) is 0 Å². The number of carbonyl (C=O) groups excluding carboxylic acids is 2. The summed E-state index contributed by atoms with van der Waals surface area (Å²) in [6.45, 7) is 1.17. The van der Waals surface area contributed by atoms with E-state index in [1.54, 1.807) is 28.0 Å². The average molecular weight is 490 g/mol. The zero-order chi connectivity index (χ0) is 23.3. The molecular formula is C21H20Cl2F3N3O3. The third-order valence-electron chi connectivity index (χ3n) is 4.86. The molecule has 1 aliphatic rings. The number of ether oxygens (including phenoxy) is 1. The van der Waals surface area contributed by atoms with Crippen LogP contribution in [0.15, 0.2) is 42.5 Å². The van der Waals surface area contributed by atoms with Crippen molar-refractivity contribution in [3.63, 3.8) is 0 Å². The summed E-state index contributed by atoms with van der Waals surface area (Å²) in [6, 6.07) is 9.68. The second-order valence-electron chi connectivity index (χ2n) is 7.09. The van der Waals surface area contributed by atoms with E-state index in [0.29, 0.717) is 36.2 Å². The van der Waals surface area contributed by atoms with Crippen LogP contribution in [0, 0.1) is 0 Å². The molecule has 172 valence electrons. The SMILES string of the molecule is O=C(CN1CCN(C(=O)COc2c(Cl)cccc2Cl)CC1)Nc1ccccc1C(F)(F)F. The van der Waals surface area contributed by atoms with E-state index >= 15 is 0 Å². The van der Waals surface area contributed by atoms with Crippen molar-refractivity contribution in [3.8, 4) is 5.75 Å². The molecule has 0 atom stereocenters. The molecule has 2 amide bonds. The third kappa shape index (κ3) is 6.27. The lowest BCUT2D eigenvalue weighted by molar-refractivity contribution is -0.137. The number of benzene rings is 2. The van der Waals surface area contributed by atoms with Gasteiger partial charge >= 0.3 is 6.18 Å². The fourth-order valence-electron chi connectivity index (χ4n) is 3.23.